The van der Waals surface area contributed by atoms with Crippen LogP contribution in [-0.2, 0) is 18.8 Å². The Bertz CT molecular complexity index is 380. The van der Waals surface area contributed by atoms with Crippen molar-refractivity contribution in [2.24, 2.45) is 0 Å². The Labute approximate surface area is 87.7 Å². The molecule has 0 unspecified atom stereocenters. The second-order valence-corrected chi connectivity index (χ2v) is 4.23. The van der Waals surface area contributed by atoms with E-state index < -0.39 is 5.92 Å². The second kappa shape index (κ2) is 3.47. The molecule has 0 amide bonds. The minimum atomic E-state index is -2.87. The van der Waals surface area contributed by atoms with Crippen molar-refractivity contribution in [3.63, 3.8) is 0 Å². The zero-order valence-corrected chi connectivity index (χ0v) is 8.69. The van der Waals surface area contributed by atoms with Crippen LogP contribution in [0.3, 0.4) is 0 Å². The lowest BCUT2D eigenvalue weighted by Crippen LogP contribution is -2.10. The first-order chi connectivity index (χ1) is 6.98. The van der Waals surface area contributed by atoms with E-state index in [0.29, 0.717) is 0 Å². The van der Waals surface area contributed by atoms with Crippen LogP contribution >= 0.6 is 0 Å². The van der Waals surface area contributed by atoms with Crippen LogP contribution in [0.25, 0.3) is 0 Å². The number of phenolic OH excluding ortho intramolecular Hbond substituents is 1. The van der Waals surface area contributed by atoms with Gasteiger partial charge in [0.15, 0.2) is 0 Å². The molecule has 15 heavy (non-hydrogen) atoms. The molecule has 1 aliphatic carbocycles. The third kappa shape index (κ3) is 1.96. The van der Waals surface area contributed by atoms with Crippen LogP contribution in [0.15, 0.2) is 12.1 Å². The fourth-order valence-electron chi connectivity index (χ4n) is 2.10. The Morgan fingerprint density at radius 1 is 1.20 bits per heavy atom. The van der Waals surface area contributed by atoms with Gasteiger partial charge in [-0.2, -0.15) is 0 Å². The Kier molecular flexibility index (Phi) is 2.41. The number of aryl methyl sites for hydroxylation is 1. The number of phenols is 1. The molecule has 3 heteroatoms. The van der Waals surface area contributed by atoms with Crippen LogP contribution in [-0.4, -0.2) is 5.11 Å². The molecule has 1 N–H and O–H groups in total. The number of aromatic hydroxyl groups is 1. The van der Waals surface area contributed by atoms with Gasteiger partial charge in [0.2, 0.25) is 0 Å². The zero-order chi connectivity index (χ0) is 11.1. The number of hydrogen-bond donors (Lipinski definition) is 1. The first-order valence-electron chi connectivity index (χ1n) is 5.21. The van der Waals surface area contributed by atoms with E-state index in [0.717, 1.165) is 43.7 Å². The maximum absolute atomic E-state index is 13.1. The van der Waals surface area contributed by atoms with Crippen LogP contribution in [0.5, 0.6) is 5.75 Å². The Hall–Kier alpha value is -1.12. The molecule has 0 aliphatic heterocycles. The molecule has 1 nitrogen and oxygen atoms in total. The quantitative estimate of drug-likeness (QED) is 0.756. The van der Waals surface area contributed by atoms with Crippen molar-refractivity contribution in [1.29, 1.82) is 0 Å². The predicted molar refractivity (Wildman–Crippen MR) is 54.3 cm³/mol. The highest BCUT2D eigenvalue weighted by atomic mass is 19.3. The van der Waals surface area contributed by atoms with Gasteiger partial charge in [-0.25, -0.2) is 8.78 Å². The summed E-state index contributed by atoms with van der Waals surface area (Å²) in [4.78, 5) is 0. The highest BCUT2D eigenvalue weighted by Crippen LogP contribution is 2.36. The first-order valence-corrected chi connectivity index (χ1v) is 5.21. The Balaban J connectivity index is 2.50. The molecule has 2 rings (SSSR count). The highest BCUT2D eigenvalue weighted by Gasteiger charge is 2.27. The summed E-state index contributed by atoms with van der Waals surface area (Å²) in [5, 5.41) is 9.67. The lowest BCUT2D eigenvalue weighted by molar-refractivity contribution is 0.0171. The SMILES string of the molecule is CC(F)(F)c1cc(O)c2c(c1)CCCC2. The average molecular weight is 212 g/mol. The molecular weight excluding hydrogens is 198 g/mol. The number of benzene rings is 1. The molecule has 0 atom stereocenters. The van der Waals surface area contributed by atoms with E-state index in [1.54, 1.807) is 0 Å². The van der Waals surface area contributed by atoms with Crippen molar-refractivity contribution >= 4 is 0 Å². The molecule has 0 aromatic heterocycles. The Morgan fingerprint density at radius 3 is 2.53 bits per heavy atom. The van der Waals surface area contributed by atoms with Crippen LogP contribution in [0, 0.1) is 0 Å². The summed E-state index contributed by atoms with van der Waals surface area (Å²) in [6, 6.07) is 2.73. The summed E-state index contributed by atoms with van der Waals surface area (Å²) < 4.78 is 26.2. The van der Waals surface area contributed by atoms with E-state index in [2.05, 4.69) is 0 Å². The van der Waals surface area contributed by atoms with Gasteiger partial charge >= 0.3 is 0 Å². The molecule has 0 spiro atoms. The highest BCUT2D eigenvalue weighted by molar-refractivity contribution is 5.45. The number of fused-ring (bicyclic) bond motifs is 1. The summed E-state index contributed by atoms with van der Waals surface area (Å²) in [6.07, 6.45) is 3.65. The lowest BCUT2D eigenvalue weighted by Gasteiger charge is -2.20. The predicted octanol–water partition coefficient (Wildman–Crippen LogP) is 3.38. The molecule has 0 saturated heterocycles. The van der Waals surface area contributed by atoms with Gasteiger partial charge in [0, 0.05) is 12.5 Å². The third-order valence-electron chi connectivity index (χ3n) is 2.95. The van der Waals surface area contributed by atoms with E-state index in [-0.39, 0.29) is 11.3 Å². The maximum atomic E-state index is 13.1. The van der Waals surface area contributed by atoms with Gasteiger partial charge in [0.25, 0.3) is 5.92 Å². The van der Waals surface area contributed by atoms with Crippen molar-refractivity contribution in [3.05, 3.63) is 28.8 Å². The van der Waals surface area contributed by atoms with Crippen molar-refractivity contribution in [2.75, 3.05) is 0 Å². The zero-order valence-electron chi connectivity index (χ0n) is 8.69. The first kappa shape index (κ1) is 10.4. The number of hydrogen-bond acceptors (Lipinski definition) is 1. The average Bonchev–Trinajstić information content (AvgIpc) is 2.16. The summed E-state index contributed by atoms with van der Waals surface area (Å²) >= 11 is 0. The molecule has 0 heterocycles. The number of halogens is 2. The number of rotatable bonds is 1. The van der Waals surface area contributed by atoms with Gasteiger partial charge in [-0.1, -0.05) is 0 Å². The normalized spacial score (nSPS) is 16.2. The minimum Gasteiger partial charge on any atom is -0.508 e. The summed E-state index contributed by atoms with van der Waals surface area (Å²) in [6.45, 7) is 0.858. The molecule has 0 fully saturated rings. The van der Waals surface area contributed by atoms with Gasteiger partial charge < -0.3 is 5.11 Å². The molecular formula is C12H14F2O. The number of alkyl halides is 2. The maximum Gasteiger partial charge on any atom is 0.270 e. The van der Waals surface area contributed by atoms with E-state index in [4.69, 9.17) is 0 Å². The van der Waals surface area contributed by atoms with Gasteiger partial charge in [0.1, 0.15) is 5.75 Å². The lowest BCUT2D eigenvalue weighted by atomic mass is 9.88. The molecule has 0 radical (unpaired) electrons. The van der Waals surface area contributed by atoms with Crippen LogP contribution in [0.2, 0.25) is 0 Å². The van der Waals surface area contributed by atoms with Crippen LogP contribution in [0.1, 0.15) is 36.5 Å². The minimum absolute atomic E-state index is 0.0312. The molecule has 1 aromatic rings. The van der Waals surface area contributed by atoms with Crippen LogP contribution < -0.4 is 0 Å². The second-order valence-electron chi connectivity index (χ2n) is 4.23. The van der Waals surface area contributed by atoms with Gasteiger partial charge in [0.05, 0.1) is 0 Å². The van der Waals surface area contributed by atoms with E-state index >= 15 is 0 Å². The standard InChI is InChI=1S/C12H14F2O/c1-12(13,14)9-6-8-4-2-3-5-10(8)11(15)7-9/h6-7,15H,2-5H2,1H3. The van der Waals surface area contributed by atoms with Crippen molar-refractivity contribution in [3.8, 4) is 5.75 Å². The molecule has 1 aliphatic rings. The smallest absolute Gasteiger partial charge is 0.270 e. The topological polar surface area (TPSA) is 20.2 Å². The Morgan fingerprint density at radius 2 is 1.87 bits per heavy atom. The van der Waals surface area contributed by atoms with E-state index in [9.17, 15) is 13.9 Å². The summed E-state index contributed by atoms with van der Waals surface area (Å²) in [5.41, 5.74) is 1.66. The molecule has 1 aromatic carbocycles. The molecule has 0 saturated carbocycles. The van der Waals surface area contributed by atoms with Gasteiger partial charge in [-0.05, 0) is 48.9 Å². The summed E-state index contributed by atoms with van der Waals surface area (Å²) in [5.74, 6) is -2.84. The van der Waals surface area contributed by atoms with Gasteiger partial charge in [-0.15, -0.1) is 0 Å². The molecule has 0 bridgehead atoms. The van der Waals surface area contributed by atoms with Gasteiger partial charge in [-0.3, -0.25) is 0 Å². The molecule has 82 valence electrons. The van der Waals surface area contributed by atoms with E-state index in [1.165, 1.54) is 12.1 Å². The van der Waals surface area contributed by atoms with E-state index in [1.807, 2.05) is 0 Å². The fourth-order valence-corrected chi connectivity index (χ4v) is 2.10. The third-order valence-corrected chi connectivity index (χ3v) is 2.95. The monoisotopic (exact) mass is 212 g/mol. The fraction of sp³-hybridized carbons (Fsp3) is 0.500. The van der Waals surface area contributed by atoms with Crippen LogP contribution in [0.4, 0.5) is 8.78 Å². The van der Waals surface area contributed by atoms with Crippen molar-refractivity contribution in [2.45, 2.75) is 38.5 Å². The largest absolute Gasteiger partial charge is 0.508 e. The summed E-state index contributed by atoms with van der Waals surface area (Å²) in [7, 11) is 0. The van der Waals surface area contributed by atoms with Crippen molar-refractivity contribution < 1.29 is 13.9 Å². The van der Waals surface area contributed by atoms with Crippen molar-refractivity contribution in [1.82, 2.24) is 0 Å².